The van der Waals surface area contributed by atoms with E-state index in [4.69, 9.17) is 15.6 Å². The number of carboxylic acid groups (broad SMARTS) is 1. The summed E-state index contributed by atoms with van der Waals surface area (Å²) in [4.78, 5) is 24.2. The van der Waals surface area contributed by atoms with Gasteiger partial charge in [-0.3, -0.25) is 9.59 Å². The molecule has 1 aliphatic rings. The van der Waals surface area contributed by atoms with E-state index in [0.29, 0.717) is 23.3 Å². The number of nitrogen functional groups attached to an aromatic ring is 1. The van der Waals surface area contributed by atoms with Crippen LogP contribution in [-0.2, 0) is 11.3 Å². The van der Waals surface area contributed by atoms with Crippen LogP contribution in [0.4, 0.5) is 5.69 Å². The summed E-state index contributed by atoms with van der Waals surface area (Å²) in [6.07, 6.45) is 11.0. The number of carbonyl (C=O) groups is 2. The molecule has 0 radical (unpaired) electrons. The third kappa shape index (κ3) is 5.76. The average molecular weight is 475 g/mol. The van der Waals surface area contributed by atoms with Crippen molar-refractivity contribution in [3.8, 4) is 5.75 Å². The number of hydrogen-bond acceptors (Lipinski definition) is 4. The summed E-state index contributed by atoms with van der Waals surface area (Å²) in [5.41, 5.74) is 9.57. The highest BCUT2D eigenvalue weighted by molar-refractivity contribution is 6.31. The zero-order valence-electron chi connectivity index (χ0n) is 20.3. The lowest BCUT2D eigenvalue weighted by molar-refractivity contribution is -0.137. The Labute approximate surface area is 206 Å². The van der Waals surface area contributed by atoms with E-state index in [2.05, 4.69) is 29.0 Å². The zero-order valence-corrected chi connectivity index (χ0v) is 20.3. The second kappa shape index (κ2) is 11.3. The van der Waals surface area contributed by atoms with Crippen molar-refractivity contribution in [2.24, 2.45) is 5.92 Å². The van der Waals surface area contributed by atoms with Crippen LogP contribution in [0.2, 0.25) is 0 Å². The van der Waals surface area contributed by atoms with E-state index in [1.807, 2.05) is 19.1 Å². The minimum Gasteiger partial charge on any atom is -0.491 e. The number of allylic oxidation sites excluding steroid dienone is 2. The van der Waals surface area contributed by atoms with Gasteiger partial charge in [0.05, 0.1) is 12.3 Å². The van der Waals surface area contributed by atoms with E-state index in [1.54, 1.807) is 18.2 Å². The van der Waals surface area contributed by atoms with Crippen LogP contribution < -0.4 is 10.5 Å². The predicted octanol–water partition coefficient (Wildman–Crippen LogP) is 6.33. The SMILES string of the molecule is CC=C(C(=O)c1cccc(OCCCC(=O)O)c1N)c1ccc2c(ccn2CC2CCCCC2)c1. The zero-order chi connectivity index (χ0) is 24.8. The number of ketones is 1. The first-order chi connectivity index (χ1) is 17.0. The lowest BCUT2D eigenvalue weighted by atomic mass is 9.89. The lowest BCUT2D eigenvalue weighted by Gasteiger charge is -2.22. The summed E-state index contributed by atoms with van der Waals surface area (Å²) < 4.78 is 8.00. The Bertz CT molecular complexity index is 1230. The molecule has 4 rings (SSSR count). The van der Waals surface area contributed by atoms with Gasteiger partial charge in [-0.25, -0.2) is 0 Å². The summed E-state index contributed by atoms with van der Waals surface area (Å²) in [6, 6.07) is 13.4. The molecular formula is C29H34N2O4. The number of nitrogens with zero attached hydrogens (tertiary/aromatic N) is 1. The van der Waals surface area contributed by atoms with Gasteiger partial charge < -0.3 is 20.1 Å². The molecule has 3 aromatic rings. The van der Waals surface area contributed by atoms with Gasteiger partial charge >= 0.3 is 5.97 Å². The molecule has 6 heteroatoms. The third-order valence-electron chi connectivity index (χ3n) is 6.90. The fourth-order valence-corrected chi connectivity index (χ4v) is 5.02. The number of Topliss-reactive ketones (excluding diaryl/α,β-unsaturated/α-hetero) is 1. The smallest absolute Gasteiger partial charge is 0.303 e. The maximum absolute atomic E-state index is 13.5. The number of aliphatic carboxylic acids is 1. The van der Waals surface area contributed by atoms with Crippen molar-refractivity contribution in [2.75, 3.05) is 12.3 Å². The van der Waals surface area contributed by atoms with Gasteiger partial charge in [0.2, 0.25) is 0 Å². The first-order valence-electron chi connectivity index (χ1n) is 12.5. The van der Waals surface area contributed by atoms with Gasteiger partial charge in [-0.2, -0.15) is 0 Å². The molecule has 1 heterocycles. The van der Waals surface area contributed by atoms with Crippen molar-refractivity contribution in [3.05, 3.63) is 65.9 Å². The summed E-state index contributed by atoms with van der Waals surface area (Å²) in [6.45, 7) is 3.13. The molecule has 0 saturated heterocycles. The van der Waals surface area contributed by atoms with Crippen molar-refractivity contribution >= 4 is 33.9 Å². The largest absolute Gasteiger partial charge is 0.491 e. The van der Waals surface area contributed by atoms with E-state index in [1.165, 1.54) is 37.6 Å². The first-order valence-corrected chi connectivity index (χ1v) is 12.5. The number of nitrogens with two attached hydrogens (primary N) is 1. The van der Waals surface area contributed by atoms with Gasteiger partial charge in [0.1, 0.15) is 5.75 Å². The highest BCUT2D eigenvalue weighted by Crippen LogP contribution is 2.32. The summed E-state index contributed by atoms with van der Waals surface area (Å²) in [5, 5.41) is 9.91. The van der Waals surface area contributed by atoms with Crippen molar-refractivity contribution in [2.45, 2.75) is 58.4 Å². The maximum Gasteiger partial charge on any atom is 0.303 e. The number of carbonyl (C=O) groups excluding carboxylic acids is 1. The van der Waals surface area contributed by atoms with Crippen molar-refractivity contribution < 1.29 is 19.4 Å². The number of hydrogen-bond donors (Lipinski definition) is 2. The van der Waals surface area contributed by atoms with Crippen LogP contribution in [0.25, 0.3) is 16.5 Å². The van der Waals surface area contributed by atoms with Crippen molar-refractivity contribution in [3.63, 3.8) is 0 Å². The third-order valence-corrected chi connectivity index (χ3v) is 6.90. The Morgan fingerprint density at radius 3 is 2.69 bits per heavy atom. The highest BCUT2D eigenvalue weighted by Gasteiger charge is 2.20. The Kier molecular flexibility index (Phi) is 7.91. The minimum absolute atomic E-state index is 0.0199. The molecule has 0 spiro atoms. The Hall–Kier alpha value is -3.54. The van der Waals surface area contributed by atoms with Crippen LogP contribution in [-0.4, -0.2) is 28.0 Å². The molecule has 0 bridgehead atoms. The van der Waals surface area contributed by atoms with Gasteiger partial charge in [-0.15, -0.1) is 0 Å². The maximum atomic E-state index is 13.5. The predicted molar refractivity (Wildman–Crippen MR) is 140 cm³/mol. The lowest BCUT2D eigenvalue weighted by Crippen LogP contribution is -2.13. The van der Waals surface area contributed by atoms with Gasteiger partial charge in [0, 0.05) is 41.2 Å². The molecule has 0 amide bonds. The second-order valence-electron chi connectivity index (χ2n) is 9.34. The van der Waals surface area contributed by atoms with E-state index in [9.17, 15) is 9.59 Å². The Morgan fingerprint density at radius 1 is 1.14 bits per heavy atom. The Balaban J connectivity index is 1.52. The molecule has 3 N–H and O–H groups in total. The van der Waals surface area contributed by atoms with Crippen LogP contribution >= 0.6 is 0 Å². The van der Waals surface area contributed by atoms with Crippen molar-refractivity contribution in [1.82, 2.24) is 4.57 Å². The molecule has 0 aliphatic heterocycles. The molecule has 6 nitrogen and oxygen atoms in total. The summed E-state index contributed by atoms with van der Waals surface area (Å²) in [5.74, 6) is 0.103. The van der Waals surface area contributed by atoms with Gasteiger partial charge in [0.15, 0.2) is 5.78 Å². The Morgan fingerprint density at radius 2 is 1.94 bits per heavy atom. The van der Waals surface area contributed by atoms with E-state index in [0.717, 1.165) is 23.4 Å². The molecular weight excluding hydrogens is 440 g/mol. The number of fused-ring (bicyclic) bond motifs is 1. The summed E-state index contributed by atoms with van der Waals surface area (Å²) in [7, 11) is 0. The molecule has 1 fully saturated rings. The molecule has 1 aliphatic carbocycles. The number of anilines is 1. The standard InChI is InChI=1S/C29H34N2O4/c1-2-23(29(34)24-10-6-11-26(28(24)30)35-17-7-12-27(32)33)21-13-14-25-22(18-21)15-16-31(25)19-20-8-4-3-5-9-20/h2,6,10-11,13-16,18,20H,3-5,7-9,12,17,19,30H2,1H3,(H,32,33). The monoisotopic (exact) mass is 474 g/mol. The van der Waals surface area contributed by atoms with Crippen LogP contribution in [0.3, 0.4) is 0 Å². The fraction of sp³-hybridized carbons (Fsp3) is 0.379. The molecule has 1 aromatic heterocycles. The quantitative estimate of drug-likeness (QED) is 0.155. The molecule has 0 unspecified atom stereocenters. The summed E-state index contributed by atoms with van der Waals surface area (Å²) >= 11 is 0. The molecule has 1 saturated carbocycles. The normalized spacial score (nSPS) is 14.8. The second-order valence-corrected chi connectivity index (χ2v) is 9.34. The van der Waals surface area contributed by atoms with Gasteiger partial charge in [-0.05, 0) is 68.0 Å². The molecule has 35 heavy (non-hydrogen) atoms. The molecule has 184 valence electrons. The number of aromatic nitrogens is 1. The van der Waals surface area contributed by atoms with Crippen LogP contribution in [0, 0.1) is 5.92 Å². The highest BCUT2D eigenvalue weighted by atomic mass is 16.5. The van der Waals surface area contributed by atoms with Crippen LogP contribution in [0.1, 0.15) is 67.8 Å². The fourth-order valence-electron chi connectivity index (χ4n) is 5.02. The van der Waals surface area contributed by atoms with Crippen molar-refractivity contribution in [1.29, 1.82) is 0 Å². The van der Waals surface area contributed by atoms with Gasteiger partial charge in [-0.1, -0.05) is 37.5 Å². The first kappa shape index (κ1) is 24.6. The van der Waals surface area contributed by atoms with E-state index < -0.39 is 5.97 Å². The van der Waals surface area contributed by atoms with Gasteiger partial charge in [0.25, 0.3) is 0 Å². The van der Waals surface area contributed by atoms with Crippen LogP contribution in [0.15, 0.2) is 54.7 Å². The topological polar surface area (TPSA) is 94.6 Å². The number of para-hydroxylation sites is 1. The average Bonchev–Trinajstić information content (AvgIpc) is 3.25. The van der Waals surface area contributed by atoms with Crippen LogP contribution in [0.5, 0.6) is 5.75 Å². The van der Waals surface area contributed by atoms with E-state index in [-0.39, 0.29) is 24.5 Å². The number of rotatable bonds is 10. The minimum atomic E-state index is -0.871. The molecule has 0 atom stereocenters. The van der Waals surface area contributed by atoms with E-state index >= 15 is 0 Å². The molecule has 2 aromatic carbocycles. The number of benzene rings is 2. The number of ether oxygens (including phenoxy) is 1. The number of carboxylic acids is 1.